The molecule has 1 aliphatic heterocycles. The summed E-state index contributed by atoms with van der Waals surface area (Å²) in [4.78, 5) is 19.1. The van der Waals surface area contributed by atoms with Crippen molar-refractivity contribution < 1.29 is 4.79 Å². The first-order valence-electron chi connectivity index (χ1n) is 7.98. The SMILES string of the molecule is Cc1ccc(NC(=O)N(C2=NC[C@H](C)S2)c2ccc(C)cc2)cc1. The van der Waals surface area contributed by atoms with Crippen molar-refractivity contribution in [3.63, 3.8) is 0 Å². The van der Waals surface area contributed by atoms with Crippen LogP contribution in [0.3, 0.4) is 0 Å². The van der Waals surface area contributed by atoms with Gasteiger partial charge in [0.05, 0.1) is 12.2 Å². The lowest BCUT2D eigenvalue weighted by atomic mass is 10.2. The van der Waals surface area contributed by atoms with E-state index in [2.05, 4.69) is 17.2 Å². The van der Waals surface area contributed by atoms with Gasteiger partial charge in [-0.2, -0.15) is 0 Å². The summed E-state index contributed by atoms with van der Waals surface area (Å²) < 4.78 is 0. The molecule has 3 rings (SSSR count). The Labute approximate surface area is 147 Å². The Kier molecular flexibility index (Phi) is 4.90. The quantitative estimate of drug-likeness (QED) is 0.851. The highest BCUT2D eigenvalue weighted by atomic mass is 32.2. The van der Waals surface area contributed by atoms with Crippen LogP contribution in [-0.2, 0) is 0 Å². The third-order valence-electron chi connectivity index (χ3n) is 3.78. The zero-order valence-corrected chi connectivity index (χ0v) is 14.9. The van der Waals surface area contributed by atoms with Crippen LogP contribution >= 0.6 is 11.8 Å². The van der Waals surface area contributed by atoms with Gasteiger partial charge >= 0.3 is 6.03 Å². The van der Waals surface area contributed by atoms with E-state index in [9.17, 15) is 4.79 Å². The molecular formula is C19H21N3OS. The predicted molar refractivity (Wildman–Crippen MR) is 103 cm³/mol. The van der Waals surface area contributed by atoms with Gasteiger partial charge in [-0.15, -0.1) is 0 Å². The van der Waals surface area contributed by atoms with Crippen LogP contribution in [0.2, 0.25) is 0 Å². The third-order valence-corrected chi connectivity index (χ3v) is 4.85. The zero-order chi connectivity index (χ0) is 17.1. The number of benzene rings is 2. The van der Waals surface area contributed by atoms with Gasteiger partial charge in [-0.1, -0.05) is 54.1 Å². The smallest absolute Gasteiger partial charge is 0.307 e. The highest BCUT2D eigenvalue weighted by Crippen LogP contribution is 2.28. The standard InChI is InChI=1S/C19H21N3OS/c1-13-4-8-16(9-5-13)21-18(23)22(19-20-12-15(3)24-19)17-10-6-14(2)7-11-17/h4-11,15H,12H2,1-3H3,(H,21,23)/t15-/m0/s1. The lowest BCUT2D eigenvalue weighted by Gasteiger charge is -2.23. The van der Waals surface area contributed by atoms with Gasteiger partial charge in [-0.05, 0) is 38.1 Å². The number of nitrogens with zero attached hydrogens (tertiary/aromatic N) is 2. The van der Waals surface area contributed by atoms with Crippen molar-refractivity contribution in [2.45, 2.75) is 26.0 Å². The number of carbonyl (C=O) groups is 1. The van der Waals surface area contributed by atoms with Gasteiger partial charge < -0.3 is 5.32 Å². The summed E-state index contributed by atoms with van der Waals surface area (Å²) >= 11 is 1.63. The van der Waals surface area contributed by atoms with Crippen LogP contribution in [-0.4, -0.2) is 23.0 Å². The van der Waals surface area contributed by atoms with Crippen LogP contribution < -0.4 is 10.2 Å². The molecule has 0 saturated heterocycles. The monoisotopic (exact) mass is 339 g/mol. The zero-order valence-electron chi connectivity index (χ0n) is 14.1. The van der Waals surface area contributed by atoms with E-state index >= 15 is 0 Å². The molecule has 0 bridgehead atoms. The number of amidine groups is 1. The Balaban J connectivity index is 1.87. The maximum atomic E-state index is 12.9. The Morgan fingerprint density at radius 1 is 1.08 bits per heavy atom. The van der Waals surface area contributed by atoms with Crippen LogP contribution in [0.15, 0.2) is 53.5 Å². The normalized spacial score (nSPS) is 16.6. The molecule has 1 N–H and O–H groups in total. The molecule has 0 aliphatic carbocycles. The van der Waals surface area contributed by atoms with Gasteiger partial charge in [0.25, 0.3) is 0 Å². The molecule has 0 saturated carbocycles. The average Bonchev–Trinajstić information content (AvgIpc) is 2.98. The molecule has 1 aliphatic rings. The first-order chi connectivity index (χ1) is 11.5. The molecule has 0 spiro atoms. The van der Waals surface area contributed by atoms with E-state index in [0.717, 1.165) is 34.2 Å². The van der Waals surface area contributed by atoms with Crippen molar-refractivity contribution in [2.75, 3.05) is 16.8 Å². The molecule has 1 atom stereocenters. The number of nitrogens with one attached hydrogen (secondary N) is 1. The summed E-state index contributed by atoms with van der Waals surface area (Å²) in [6, 6.07) is 15.5. The second kappa shape index (κ2) is 7.09. The number of thioether (sulfide) groups is 1. The fraction of sp³-hybridized carbons (Fsp3) is 0.263. The largest absolute Gasteiger partial charge is 0.332 e. The Morgan fingerprint density at radius 3 is 2.21 bits per heavy atom. The number of hydrogen-bond donors (Lipinski definition) is 1. The summed E-state index contributed by atoms with van der Waals surface area (Å²) in [6.07, 6.45) is 0. The van der Waals surface area contributed by atoms with Crippen LogP contribution in [0.5, 0.6) is 0 Å². The van der Waals surface area contributed by atoms with Crippen molar-refractivity contribution in [1.82, 2.24) is 0 Å². The lowest BCUT2D eigenvalue weighted by molar-refractivity contribution is 0.259. The predicted octanol–water partition coefficient (Wildman–Crippen LogP) is 4.83. The first kappa shape index (κ1) is 16.6. The second-order valence-corrected chi connectivity index (χ2v) is 7.42. The molecule has 24 heavy (non-hydrogen) atoms. The molecule has 0 radical (unpaired) electrons. The molecule has 2 amide bonds. The number of aliphatic imine (C=N–C) groups is 1. The van der Waals surface area contributed by atoms with E-state index in [4.69, 9.17) is 0 Å². The number of anilines is 2. The second-order valence-electron chi connectivity index (χ2n) is 6.02. The van der Waals surface area contributed by atoms with E-state index in [1.54, 1.807) is 16.7 Å². The van der Waals surface area contributed by atoms with Crippen LogP contribution in [0, 0.1) is 13.8 Å². The van der Waals surface area contributed by atoms with Gasteiger partial charge in [-0.25, -0.2) is 9.69 Å². The fourth-order valence-electron chi connectivity index (χ4n) is 2.41. The minimum absolute atomic E-state index is 0.192. The number of hydrogen-bond acceptors (Lipinski definition) is 3. The van der Waals surface area contributed by atoms with Gasteiger partial charge in [0.2, 0.25) is 0 Å². The van der Waals surface area contributed by atoms with Crippen molar-refractivity contribution in [3.8, 4) is 0 Å². The van der Waals surface area contributed by atoms with E-state index in [1.807, 2.05) is 62.4 Å². The third kappa shape index (κ3) is 3.79. The average molecular weight is 339 g/mol. The van der Waals surface area contributed by atoms with Gasteiger partial charge in [-0.3, -0.25) is 4.99 Å². The molecule has 4 nitrogen and oxygen atoms in total. The van der Waals surface area contributed by atoms with Crippen molar-refractivity contribution in [3.05, 3.63) is 59.7 Å². The van der Waals surface area contributed by atoms with Crippen LogP contribution in [0.25, 0.3) is 0 Å². The van der Waals surface area contributed by atoms with Crippen LogP contribution in [0.4, 0.5) is 16.2 Å². The summed E-state index contributed by atoms with van der Waals surface area (Å²) in [5.41, 5.74) is 3.92. The Hall–Kier alpha value is -2.27. The summed E-state index contributed by atoms with van der Waals surface area (Å²) in [5, 5.41) is 4.10. The van der Waals surface area contributed by atoms with Gasteiger partial charge in [0.15, 0.2) is 5.17 Å². The Morgan fingerprint density at radius 2 is 1.67 bits per heavy atom. The number of carbonyl (C=O) groups excluding carboxylic acids is 1. The minimum Gasteiger partial charge on any atom is -0.307 e. The summed E-state index contributed by atoms with van der Waals surface area (Å²) in [6.45, 7) is 6.91. The summed E-state index contributed by atoms with van der Waals surface area (Å²) in [7, 11) is 0. The molecule has 2 aromatic carbocycles. The molecule has 0 aromatic heterocycles. The van der Waals surface area contributed by atoms with E-state index < -0.39 is 0 Å². The Bertz CT molecular complexity index is 753. The summed E-state index contributed by atoms with van der Waals surface area (Å²) in [5.74, 6) is 0. The van der Waals surface area contributed by atoms with Crippen LogP contribution in [0.1, 0.15) is 18.1 Å². The topological polar surface area (TPSA) is 44.7 Å². The maximum absolute atomic E-state index is 12.9. The van der Waals surface area contributed by atoms with E-state index in [0.29, 0.717) is 5.25 Å². The number of rotatable bonds is 2. The number of aryl methyl sites for hydroxylation is 2. The molecule has 0 unspecified atom stereocenters. The maximum Gasteiger partial charge on any atom is 0.332 e. The molecule has 2 aromatic rings. The van der Waals surface area contributed by atoms with Gasteiger partial charge in [0, 0.05) is 10.9 Å². The fourth-order valence-corrected chi connectivity index (χ4v) is 3.36. The molecule has 0 fully saturated rings. The van der Waals surface area contributed by atoms with Crippen molar-refractivity contribution in [2.24, 2.45) is 4.99 Å². The lowest BCUT2D eigenvalue weighted by Crippen LogP contribution is -2.38. The van der Waals surface area contributed by atoms with Crippen molar-refractivity contribution >= 4 is 34.3 Å². The number of urea groups is 1. The highest BCUT2D eigenvalue weighted by molar-refractivity contribution is 8.15. The number of amides is 2. The van der Waals surface area contributed by atoms with Crippen molar-refractivity contribution in [1.29, 1.82) is 0 Å². The molecule has 124 valence electrons. The first-order valence-corrected chi connectivity index (χ1v) is 8.86. The highest BCUT2D eigenvalue weighted by Gasteiger charge is 2.27. The van der Waals surface area contributed by atoms with E-state index in [-0.39, 0.29) is 6.03 Å². The molecule has 5 heteroatoms. The minimum atomic E-state index is -0.192. The molecule has 1 heterocycles. The molecular weight excluding hydrogens is 318 g/mol. The van der Waals surface area contributed by atoms with E-state index in [1.165, 1.54) is 0 Å². The van der Waals surface area contributed by atoms with Gasteiger partial charge in [0.1, 0.15) is 0 Å².